The van der Waals surface area contributed by atoms with Crippen LogP contribution in [0.5, 0.6) is 0 Å². The Labute approximate surface area is 106 Å². The first-order valence-electron chi connectivity index (χ1n) is 5.64. The van der Waals surface area contributed by atoms with Crippen molar-refractivity contribution in [3.05, 3.63) is 11.9 Å². The maximum atomic E-state index is 11.2. The summed E-state index contributed by atoms with van der Waals surface area (Å²) < 4.78 is 13.2. The van der Waals surface area contributed by atoms with Gasteiger partial charge in [0.05, 0.1) is 11.9 Å². The van der Waals surface area contributed by atoms with Gasteiger partial charge in [0.1, 0.15) is 0 Å². The van der Waals surface area contributed by atoms with E-state index in [4.69, 9.17) is 0 Å². The van der Waals surface area contributed by atoms with E-state index in [1.54, 1.807) is 6.26 Å². The van der Waals surface area contributed by atoms with Crippen molar-refractivity contribution < 1.29 is 4.21 Å². The minimum atomic E-state index is -0.769. The van der Waals surface area contributed by atoms with E-state index in [0.29, 0.717) is 0 Å². The Morgan fingerprint density at radius 3 is 2.71 bits per heavy atom. The highest BCUT2D eigenvalue weighted by Gasteiger charge is 2.09. The van der Waals surface area contributed by atoms with Crippen LogP contribution in [0, 0.1) is 0 Å². The van der Waals surface area contributed by atoms with Crippen molar-refractivity contribution in [2.75, 3.05) is 31.8 Å². The zero-order valence-corrected chi connectivity index (χ0v) is 12.0. The lowest BCUT2D eigenvalue weighted by atomic mass is 10.4. The molecule has 1 aromatic heterocycles. The summed E-state index contributed by atoms with van der Waals surface area (Å²) in [4.78, 5) is 6.32. The Kier molecular flexibility index (Phi) is 5.14. The molecule has 1 N–H and O–H groups in total. The van der Waals surface area contributed by atoms with Crippen LogP contribution in [-0.2, 0) is 24.4 Å². The second-order valence-corrected chi connectivity index (χ2v) is 6.25. The van der Waals surface area contributed by atoms with Crippen molar-refractivity contribution in [1.82, 2.24) is 14.9 Å². The number of nitrogens with zero attached hydrogens (tertiary/aromatic N) is 3. The number of rotatable bonds is 6. The van der Waals surface area contributed by atoms with E-state index in [0.717, 1.165) is 24.7 Å². The van der Waals surface area contributed by atoms with Crippen molar-refractivity contribution in [3.8, 4) is 0 Å². The summed E-state index contributed by atoms with van der Waals surface area (Å²) in [5, 5.41) is 3.48. The topological polar surface area (TPSA) is 50.2 Å². The number of hydrogen-bond donors (Lipinski definition) is 1. The predicted molar refractivity (Wildman–Crippen MR) is 72.8 cm³/mol. The fourth-order valence-electron chi connectivity index (χ4n) is 1.53. The van der Waals surface area contributed by atoms with Crippen LogP contribution in [0.2, 0.25) is 0 Å². The fourth-order valence-corrected chi connectivity index (χ4v) is 1.89. The Morgan fingerprint density at radius 1 is 1.59 bits per heavy atom. The molecule has 0 radical (unpaired) electrons. The third kappa shape index (κ3) is 3.81. The highest BCUT2D eigenvalue weighted by atomic mass is 32.2. The molecule has 0 bridgehead atoms. The van der Waals surface area contributed by atoms with Crippen LogP contribution in [0.4, 0.5) is 5.95 Å². The van der Waals surface area contributed by atoms with Gasteiger partial charge in [-0.1, -0.05) is 0 Å². The summed E-state index contributed by atoms with van der Waals surface area (Å²) in [6.07, 6.45) is 3.61. The largest absolute Gasteiger partial charge is 0.348 e. The van der Waals surface area contributed by atoms with E-state index in [1.165, 1.54) is 0 Å². The van der Waals surface area contributed by atoms with Crippen LogP contribution >= 0.6 is 0 Å². The molecule has 5 nitrogen and oxygen atoms in total. The molecule has 6 heteroatoms. The highest BCUT2D eigenvalue weighted by Crippen LogP contribution is 2.10. The summed E-state index contributed by atoms with van der Waals surface area (Å²) in [5.41, 5.74) is 1.13. The minimum Gasteiger partial charge on any atom is -0.348 e. The Hall–Kier alpha value is -0.880. The molecular weight excluding hydrogens is 236 g/mol. The number of anilines is 1. The SMILES string of the molecule is CC(CNCc1cnc(N(C)C)n1C)S(C)=O. The lowest BCUT2D eigenvalue weighted by molar-refractivity contribution is 0.630. The van der Waals surface area contributed by atoms with Gasteiger partial charge in [-0.15, -0.1) is 0 Å². The van der Waals surface area contributed by atoms with Gasteiger partial charge in [0.25, 0.3) is 0 Å². The summed E-state index contributed by atoms with van der Waals surface area (Å²) in [6.45, 7) is 3.49. The molecule has 0 spiro atoms. The predicted octanol–water partition coefficient (Wildman–Crippen LogP) is 0.343. The summed E-state index contributed by atoms with van der Waals surface area (Å²) in [5.74, 6) is 0.939. The van der Waals surface area contributed by atoms with Crippen LogP contribution in [0.25, 0.3) is 0 Å². The molecule has 1 rings (SSSR count). The van der Waals surface area contributed by atoms with Gasteiger partial charge in [-0.25, -0.2) is 4.98 Å². The molecule has 2 atom stereocenters. The van der Waals surface area contributed by atoms with E-state index in [-0.39, 0.29) is 5.25 Å². The van der Waals surface area contributed by atoms with Crippen LogP contribution in [0.15, 0.2) is 6.20 Å². The third-order valence-corrected chi connectivity index (χ3v) is 4.06. The lowest BCUT2D eigenvalue weighted by Crippen LogP contribution is -2.28. The van der Waals surface area contributed by atoms with Crippen molar-refractivity contribution in [2.45, 2.75) is 18.7 Å². The van der Waals surface area contributed by atoms with Gasteiger partial charge in [-0.3, -0.25) is 4.21 Å². The monoisotopic (exact) mass is 258 g/mol. The Morgan fingerprint density at radius 2 is 2.24 bits per heavy atom. The highest BCUT2D eigenvalue weighted by molar-refractivity contribution is 7.84. The summed E-state index contributed by atoms with van der Waals surface area (Å²) in [7, 11) is 5.18. The Balaban J connectivity index is 2.50. The zero-order chi connectivity index (χ0) is 13.0. The number of nitrogens with one attached hydrogen (secondary N) is 1. The minimum absolute atomic E-state index is 0.177. The molecule has 2 unspecified atom stereocenters. The number of aromatic nitrogens is 2. The molecule has 1 aromatic rings. The molecular formula is C11H22N4OS. The average molecular weight is 258 g/mol. The molecule has 0 amide bonds. The van der Waals surface area contributed by atoms with Crippen LogP contribution in [0.1, 0.15) is 12.6 Å². The van der Waals surface area contributed by atoms with Gasteiger partial charge < -0.3 is 14.8 Å². The quantitative estimate of drug-likeness (QED) is 0.799. The van der Waals surface area contributed by atoms with Crippen molar-refractivity contribution >= 4 is 16.7 Å². The van der Waals surface area contributed by atoms with Gasteiger partial charge in [0.2, 0.25) is 5.95 Å². The van der Waals surface area contributed by atoms with E-state index in [2.05, 4.69) is 14.9 Å². The molecule has 1 heterocycles. The zero-order valence-electron chi connectivity index (χ0n) is 11.2. The molecule has 17 heavy (non-hydrogen) atoms. The van der Waals surface area contributed by atoms with Gasteiger partial charge in [0, 0.05) is 56.5 Å². The molecule has 0 aliphatic carbocycles. The maximum absolute atomic E-state index is 11.2. The third-order valence-electron chi connectivity index (χ3n) is 2.76. The standard InChI is InChI=1S/C11H22N4OS/c1-9(17(5)16)6-12-7-10-8-13-11(14(2)3)15(10)4/h8-9,12H,6-7H2,1-5H3. The van der Waals surface area contributed by atoms with E-state index >= 15 is 0 Å². The fraction of sp³-hybridized carbons (Fsp3) is 0.727. The van der Waals surface area contributed by atoms with E-state index < -0.39 is 10.8 Å². The summed E-state index contributed by atoms with van der Waals surface area (Å²) >= 11 is 0. The average Bonchev–Trinajstić information content (AvgIpc) is 2.60. The van der Waals surface area contributed by atoms with Gasteiger partial charge in [-0.2, -0.15) is 0 Å². The smallest absolute Gasteiger partial charge is 0.204 e. The molecule has 0 saturated carbocycles. The van der Waals surface area contributed by atoms with Crippen molar-refractivity contribution in [1.29, 1.82) is 0 Å². The molecule has 0 fully saturated rings. The van der Waals surface area contributed by atoms with Gasteiger partial charge in [-0.05, 0) is 6.92 Å². The van der Waals surface area contributed by atoms with Crippen LogP contribution in [-0.4, -0.2) is 45.9 Å². The second kappa shape index (κ2) is 6.16. The Bertz CT molecular complexity index is 389. The van der Waals surface area contributed by atoms with Crippen LogP contribution < -0.4 is 10.2 Å². The van der Waals surface area contributed by atoms with E-state index in [9.17, 15) is 4.21 Å². The van der Waals surface area contributed by atoms with Crippen LogP contribution in [0.3, 0.4) is 0 Å². The first kappa shape index (κ1) is 14.2. The number of hydrogen-bond acceptors (Lipinski definition) is 4. The van der Waals surface area contributed by atoms with E-state index in [1.807, 2.05) is 39.2 Å². The van der Waals surface area contributed by atoms with Gasteiger partial charge in [0.15, 0.2) is 0 Å². The number of imidazole rings is 1. The molecule has 0 aliphatic rings. The molecule has 0 saturated heterocycles. The van der Waals surface area contributed by atoms with Crippen molar-refractivity contribution in [3.63, 3.8) is 0 Å². The molecule has 0 aliphatic heterocycles. The van der Waals surface area contributed by atoms with Gasteiger partial charge >= 0.3 is 0 Å². The normalized spacial score (nSPS) is 14.6. The molecule has 98 valence electrons. The summed E-state index contributed by atoms with van der Waals surface area (Å²) in [6, 6.07) is 0. The lowest BCUT2D eigenvalue weighted by Gasteiger charge is -2.13. The van der Waals surface area contributed by atoms with Crippen molar-refractivity contribution in [2.24, 2.45) is 7.05 Å². The second-order valence-electron chi connectivity index (χ2n) is 4.44. The first-order valence-corrected chi connectivity index (χ1v) is 7.26. The maximum Gasteiger partial charge on any atom is 0.204 e. The molecule has 0 aromatic carbocycles. The first-order chi connectivity index (χ1) is 7.93.